The summed E-state index contributed by atoms with van der Waals surface area (Å²) in [5, 5.41) is 1.78. The van der Waals surface area contributed by atoms with Crippen molar-refractivity contribution in [3.63, 3.8) is 0 Å². The normalized spacial score (nSPS) is 11.5. The highest BCUT2D eigenvalue weighted by atomic mass is 32.2. The molecular weight excluding hydrogens is 118 g/mol. The highest BCUT2D eigenvalue weighted by Crippen LogP contribution is 2.12. The summed E-state index contributed by atoms with van der Waals surface area (Å²) in [6.45, 7) is 6.15. The van der Waals surface area contributed by atoms with E-state index in [-0.39, 0.29) is 0 Å². The predicted octanol–water partition coefficient (Wildman–Crippen LogP) is 1.73. The number of nitrogens with two attached hydrogens (primary N) is 1. The Morgan fingerprint density at radius 1 is 1.88 bits per heavy atom. The Balaban J connectivity index is 3.53. The van der Waals surface area contributed by atoms with Crippen molar-refractivity contribution >= 4 is 11.8 Å². The van der Waals surface area contributed by atoms with Gasteiger partial charge in [-0.2, -0.15) is 0 Å². The molecule has 0 saturated carbocycles. The van der Waals surface area contributed by atoms with Crippen LogP contribution in [0.2, 0.25) is 0 Å². The van der Waals surface area contributed by atoms with Crippen LogP contribution in [0.15, 0.2) is 23.0 Å². The van der Waals surface area contributed by atoms with Gasteiger partial charge in [-0.3, -0.25) is 0 Å². The molecule has 8 heavy (non-hydrogen) atoms. The minimum Gasteiger partial charge on any atom is -0.326 e. The Bertz CT molecular complexity index is 96.7. The van der Waals surface area contributed by atoms with Gasteiger partial charge >= 0.3 is 0 Å². The molecule has 46 valence electrons. The standard InChI is InChI=1S/C6H11NS/c1-3-6(5-7)8-4-2/h3-4H,2,5,7H2,1H3/b6-3-. The van der Waals surface area contributed by atoms with E-state index in [9.17, 15) is 0 Å². The van der Waals surface area contributed by atoms with E-state index in [0.29, 0.717) is 6.54 Å². The van der Waals surface area contributed by atoms with Gasteiger partial charge in [0.1, 0.15) is 0 Å². The number of allylic oxidation sites excluding steroid dienone is 1. The maximum atomic E-state index is 5.33. The van der Waals surface area contributed by atoms with Crippen LogP contribution in [0, 0.1) is 0 Å². The number of hydrogen-bond donors (Lipinski definition) is 1. The molecule has 2 heteroatoms. The van der Waals surface area contributed by atoms with Crippen molar-refractivity contribution in [1.29, 1.82) is 0 Å². The van der Waals surface area contributed by atoms with Crippen LogP contribution < -0.4 is 5.73 Å². The van der Waals surface area contributed by atoms with Gasteiger partial charge in [-0.15, -0.1) is 11.8 Å². The van der Waals surface area contributed by atoms with E-state index in [1.165, 1.54) is 4.91 Å². The SMILES string of the molecule is C=CS/C(=C\C)CN. The van der Waals surface area contributed by atoms with E-state index in [2.05, 4.69) is 6.58 Å². The molecule has 0 aliphatic carbocycles. The van der Waals surface area contributed by atoms with Crippen molar-refractivity contribution in [2.75, 3.05) is 6.54 Å². The van der Waals surface area contributed by atoms with Gasteiger partial charge in [0.25, 0.3) is 0 Å². The van der Waals surface area contributed by atoms with Crippen LogP contribution in [0.1, 0.15) is 6.92 Å². The molecular formula is C6H11NS. The molecule has 0 aliphatic heterocycles. The Hall–Kier alpha value is -0.210. The van der Waals surface area contributed by atoms with E-state index >= 15 is 0 Å². The second kappa shape index (κ2) is 4.94. The van der Waals surface area contributed by atoms with Crippen molar-refractivity contribution in [3.05, 3.63) is 23.0 Å². The van der Waals surface area contributed by atoms with Crippen LogP contribution in [0.5, 0.6) is 0 Å². The predicted molar refractivity (Wildman–Crippen MR) is 40.6 cm³/mol. The third-order valence-corrected chi connectivity index (χ3v) is 1.63. The first-order valence-corrected chi connectivity index (χ1v) is 3.36. The van der Waals surface area contributed by atoms with Gasteiger partial charge in [-0.25, -0.2) is 0 Å². The zero-order valence-electron chi connectivity index (χ0n) is 5.05. The highest BCUT2D eigenvalue weighted by molar-refractivity contribution is 8.05. The Kier molecular flexibility index (Phi) is 4.81. The average Bonchev–Trinajstić information content (AvgIpc) is 1.83. The minimum absolute atomic E-state index is 0.618. The second-order valence-corrected chi connectivity index (χ2v) is 2.34. The highest BCUT2D eigenvalue weighted by Gasteiger charge is 1.85. The van der Waals surface area contributed by atoms with Gasteiger partial charge < -0.3 is 5.73 Å². The van der Waals surface area contributed by atoms with Crippen LogP contribution >= 0.6 is 11.8 Å². The molecule has 0 aliphatic rings. The third kappa shape index (κ3) is 2.88. The minimum atomic E-state index is 0.618. The Morgan fingerprint density at radius 3 is 2.62 bits per heavy atom. The largest absolute Gasteiger partial charge is 0.326 e. The molecule has 0 aromatic carbocycles. The molecule has 0 radical (unpaired) electrons. The van der Waals surface area contributed by atoms with Gasteiger partial charge in [0.2, 0.25) is 0 Å². The quantitative estimate of drug-likeness (QED) is 0.628. The fourth-order valence-electron chi connectivity index (χ4n) is 0.341. The molecule has 0 spiro atoms. The molecule has 0 bridgehead atoms. The molecule has 0 rings (SSSR count). The van der Waals surface area contributed by atoms with Crippen molar-refractivity contribution in [1.82, 2.24) is 0 Å². The van der Waals surface area contributed by atoms with E-state index in [4.69, 9.17) is 5.73 Å². The topological polar surface area (TPSA) is 26.0 Å². The third-order valence-electron chi connectivity index (χ3n) is 0.758. The van der Waals surface area contributed by atoms with E-state index in [1.807, 2.05) is 13.0 Å². The number of hydrogen-bond acceptors (Lipinski definition) is 2. The molecule has 0 aromatic rings. The zero-order valence-corrected chi connectivity index (χ0v) is 5.87. The van der Waals surface area contributed by atoms with Gasteiger partial charge in [-0.05, 0) is 17.2 Å². The summed E-state index contributed by atoms with van der Waals surface area (Å²) in [5.74, 6) is 0. The molecule has 0 saturated heterocycles. The summed E-state index contributed by atoms with van der Waals surface area (Å²) < 4.78 is 0. The summed E-state index contributed by atoms with van der Waals surface area (Å²) in [6.07, 6.45) is 1.99. The number of rotatable bonds is 3. The molecule has 0 unspecified atom stereocenters. The van der Waals surface area contributed by atoms with E-state index in [0.717, 1.165) is 0 Å². The van der Waals surface area contributed by atoms with Gasteiger partial charge in [0.05, 0.1) is 0 Å². The lowest BCUT2D eigenvalue weighted by molar-refractivity contribution is 1.23. The van der Waals surface area contributed by atoms with Gasteiger partial charge in [0, 0.05) is 6.54 Å². The van der Waals surface area contributed by atoms with Crippen molar-refractivity contribution in [3.8, 4) is 0 Å². The van der Waals surface area contributed by atoms with Crippen LogP contribution in [0.4, 0.5) is 0 Å². The first kappa shape index (κ1) is 7.79. The molecule has 0 amide bonds. The van der Waals surface area contributed by atoms with Crippen molar-refractivity contribution < 1.29 is 0 Å². The lowest BCUT2D eigenvalue weighted by Crippen LogP contribution is -1.98. The second-order valence-electron chi connectivity index (χ2n) is 1.24. The maximum absolute atomic E-state index is 5.33. The maximum Gasteiger partial charge on any atom is 0.0238 e. The van der Waals surface area contributed by atoms with Crippen LogP contribution in [-0.4, -0.2) is 6.54 Å². The number of thioether (sulfide) groups is 1. The molecule has 2 N–H and O–H groups in total. The monoisotopic (exact) mass is 129 g/mol. The van der Waals surface area contributed by atoms with E-state index < -0.39 is 0 Å². The lowest BCUT2D eigenvalue weighted by atomic mass is 10.5. The van der Waals surface area contributed by atoms with E-state index in [1.54, 1.807) is 17.2 Å². The van der Waals surface area contributed by atoms with Gasteiger partial charge in [0.15, 0.2) is 0 Å². The fraction of sp³-hybridized carbons (Fsp3) is 0.333. The summed E-state index contributed by atoms with van der Waals surface area (Å²) in [4.78, 5) is 1.17. The Labute approximate surface area is 54.6 Å². The van der Waals surface area contributed by atoms with Gasteiger partial charge in [-0.1, -0.05) is 12.7 Å². The summed E-state index contributed by atoms with van der Waals surface area (Å²) >= 11 is 1.58. The summed E-state index contributed by atoms with van der Waals surface area (Å²) in [5.41, 5.74) is 5.33. The van der Waals surface area contributed by atoms with Crippen LogP contribution in [-0.2, 0) is 0 Å². The fourth-order valence-corrected chi connectivity index (χ4v) is 0.787. The molecule has 0 fully saturated rings. The van der Waals surface area contributed by atoms with Crippen LogP contribution in [0.25, 0.3) is 0 Å². The lowest BCUT2D eigenvalue weighted by Gasteiger charge is -1.94. The first-order chi connectivity index (χ1) is 3.85. The van der Waals surface area contributed by atoms with Crippen molar-refractivity contribution in [2.45, 2.75) is 6.92 Å². The molecule has 0 heterocycles. The average molecular weight is 129 g/mol. The van der Waals surface area contributed by atoms with Crippen molar-refractivity contribution in [2.24, 2.45) is 5.73 Å². The summed E-state index contributed by atoms with van der Waals surface area (Å²) in [6, 6.07) is 0. The smallest absolute Gasteiger partial charge is 0.0238 e. The zero-order chi connectivity index (χ0) is 6.41. The Morgan fingerprint density at radius 2 is 2.50 bits per heavy atom. The first-order valence-electron chi connectivity index (χ1n) is 2.48. The summed E-state index contributed by atoms with van der Waals surface area (Å²) in [7, 11) is 0. The molecule has 1 nitrogen and oxygen atoms in total. The van der Waals surface area contributed by atoms with Crippen LogP contribution in [0.3, 0.4) is 0 Å². The molecule has 0 aromatic heterocycles. The molecule has 0 atom stereocenters.